The van der Waals surface area contributed by atoms with Crippen LogP contribution in [0.1, 0.15) is 26.7 Å². The van der Waals surface area contributed by atoms with Crippen molar-refractivity contribution >= 4 is 9.04 Å². The van der Waals surface area contributed by atoms with E-state index in [4.69, 9.17) is 13.9 Å². The molecule has 0 unspecified atom stereocenters. The second kappa shape index (κ2) is 10.9. The van der Waals surface area contributed by atoms with Crippen LogP contribution in [0, 0.1) is 5.92 Å². The summed E-state index contributed by atoms with van der Waals surface area (Å²) in [6.07, 6.45) is 13.0. The SMILES string of the molecule is CO[C@H]1/C=C/CC/C=C/COC/C(C)=C\[C@@H](C)[C@@H]1O[SiH](C)C. The number of ether oxygens (including phenoxy) is 2. The first-order valence-electron chi connectivity index (χ1n) is 8.29. The van der Waals surface area contributed by atoms with Crippen LogP contribution in [0.2, 0.25) is 13.1 Å². The van der Waals surface area contributed by atoms with Gasteiger partial charge in [0.25, 0.3) is 0 Å². The molecule has 126 valence electrons. The average molecular weight is 325 g/mol. The first-order valence-corrected chi connectivity index (χ1v) is 11.1. The Labute approximate surface area is 137 Å². The Balaban J connectivity index is 2.94. The molecule has 0 N–H and O–H groups in total. The molecule has 0 saturated carbocycles. The van der Waals surface area contributed by atoms with E-state index >= 15 is 0 Å². The number of hydrogen-bond acceptors (Lipinski definition) is 3. The molecule has 0 saturated heterocycles. The highest BCUT2D eigenvalue weighted by atomic mass is 28.3. The lowest BCUT2D eigenvalue weighted by molar-refractivity contribution is 0.0124. The van der Waals surface area contributed by atoms with E-state index < -0.39 is 9.04 Å². The van der Waals surface area contributed by atoms with E-state index in [0.717, 1.165) is 12.8 Å². The summed E-state index contributed by atoms with van der Waals surface area (Å²) in [6, 6.07) is 0. The topological polar surface area (TPSA) is 27.7 Å². The van der Waals surface area contributed by atoms with Crippen LogP contribution in [0.4, 0.5) is 0 Å². The summed E-state index contributed by atoms with van der Waals surface area (Å²) in [6.45, 7) is 10.1. The molecule has 4 heteroatoms. The van der Waals surface area contributed by atoms with Gasteiger partial charge in [-0.3, -0.25) is 0 Å². The molecule has 22 heavy (non-hydrogen) atoms. The van der Waals surface area contributed by atoms with Crippen LogP contribution in [0.5, 0.6) is 0 Å². The summed E-state index contributed by atoms with van der Waals surface area (Å²) in [5.74, 6) is 0.298. The number of hydrogen-bond donors (Lipinski definition) is 0. The van der Waals surface area contributed by atoms with Crippen LogP contribution < -0.4 is 0 Å². The second-order valence-electron chi connectivity index (χ2n) is 6.21. The summed E-state index contributed by atoms with van der Waals surface area (Å²) in [4.78, 5) is 0. The molecule has 0 aromatic carbocycles. The lowest BCUT2D eigenvalue weighted by atomic mass is 9.96. The van der Waals surface area contributed by atoms with E-state index in [-0.39, 0.29) is 12.2 Å². The normalized spacial score (nSPS) is 33.7. The minimum absolute atomic E-state index is 0.00166. The van der Waals surface area contributed by atoms with E-state index in [1.54, 1.807) is 7.11 Å². The summed E-state index contributed by atoms with van der Waals surface area (Å²) >= 11 is 0. The van der Waals surface area contributed by atoms with Crippen molar-refractivity contribution in [3.63, 3.8) is 0 Å². The maximum absolute atomic E-state index is 6.28. The lowest BCUT2D eigenvalue weighted by Gasteiger charge is -2.30. The first kappa shape index (κ1) is 19.4. The smallest absolute Gasteiger partial charge is 0.171 e. The first-order chi connectivity index (χ1) is 10.5. The van der Waals surface area contributed by atoms with Crippen molar-refractivity contribution in [1.82, 2.24) is 0 Å². The zero-order chi connectivity index (χ0) is 16.4. The van der Waals surface area contributed by atoms with Crippen molar-refractivity contribution in [3.8, 4) is 0 Å². The van der Waals surface area contributed by atoms with Crippen molar-refractivity contribution in [2.45, 2.75) is 52.0 Å². The van der Waals surface area contributed by atoms with Crippen LogP contribution >= 0.6 is 0 Å². The van der Waals surface area contributed by atoms with Gasteiger partial charge in [-0.05, 0) is 32.9 Å². The minimum atomic E-state index is -1.14. The van der Waals surface area contributed by atoms with E-state index in [1.807, 2.05) is 0 Å². The predicted molar refractivity (Wildman–Crippen MR) is 95.8 cm³/mol. The highest BCUT2D eigenvalue weighted by Gasteiger charge is 2.25. The van der Waals surface area contributed by atoms with Crippen molar-refractivity contribution in [3.05, 3.63) is 36.0 Å². The van der Waals surface area contributed by atoms with Gasteiger partial charge in [-0.1, -0.05) is 42.9 Å². The van der Waals surface area contributed by atoms with Crippen LogP contribution in [0.15, 0.2) is 36.0 Å². The molecule has 1 rings (SSSR count). The molecule has 1 aliphatic rings. The van der Waals surface area contributed by atoms with Gasteiger partial charge in [-0.15, -0.1) is 0 Å². The van der Waals surface area contributed by atoms with Crippen molar-refractivity contribution in [2.24, 2.45) is 5.92 Å². The van der Waals surface area contributed by atoms with Gasteiger partial charge in [0.15, 0.2) is 9.04 Å². The summed E-state index contributed by atoms with van der Waals surface area (Å²) < 4.78 is 17.7. The van der Waals surface area contributed by atoms with Crippen molar-refractivity contribution < 1.29 is 13.9 Å². The molecule has 0 spiro atoms. The third kappa shape index (κ3) is 7.54. The third-order valence-corrected chi connectivity index (χ3v) is 4.49. The summed E-state index contributed by atoms with van der Waals surface area (Å²) in [5.41, 5.74) is 1.25. The van der Waals surface area contributed by atoms with E-state index in [1.165, 1.54) is 5.57 Å². The Morgan fingerprint density at radius 1 is 1.18 bits per heavy atom. The van der Waals surface area contributed by atoms with Gasteiger partial charge in [0, 0.05) is 13.0 Å². The largest absolute Gasteiger partial charge is 0.414 e. The highest BCUT2D eigenvalue weighted by Crippen LogP contribution is 2.20. The fourth-order valence-electron chi connectivity index (χ4n) is 2.63. The number of rotatable bonds is 3. The monoisotopic (exact) mass is 324 g/mol. The lowest BCUT2D eigenvalue weighted by Crippen LogP contribution is -2.37. The Bertz CT molecular complexity index is 388. The molecule has 0 amide bonds. The molecule has 1 heterocycles. The van der Waals surface area contributed by atoms with Crippen molar-refractivity contribution in [1.29, 1.82) is 0 Å². The summed E-state index contributed by atoms with van der Waals surface area (Å²) in [7, 11) is 0.629. The maximum atomic E-state index is 6.28. The Kier molecular flexibility index (Phi) is 9.63. The Morgan fingerprint density at radius 3 is 2.59 bits per heavy atom. The molecular formula is C18H32O3Si. The zero-order valence-corrected chi connectivity index (χ0v) is 15.9. The number of allylic oxidation sites excluding steroid dienone is 2. The van der Waals surface area contributed by atoms with Gasteiger partial charge in [-0.2, -0.15) is 0 Å². The van der Waals surface area contributed by atoms with Crippen LogP contribution in [-0.2, 0) is 13.9 Å². The van der Waals surface area contributed by atoms with Gasteiger partial charge < -0.3 is 13.9 Å². The molecule has 3 nitrogen and oxygen atoms in total. The van der Waals surface area contributed by atoms with E-state index in [9.17, 15) is 0 Å². The third-order valence-electron chi connectivity index (χ3n) is 3.63. The van der Waals surface area contributed by atoms with E-state index in [2.05, 4.69) is 57.3 Å². The molecular weight excluding hydrogens is 292 g/mol. The maximum Gasteiger partial charge on any atom is 0.171 e. The fraction of sp³-hybridized carbons (Fsp3) is 0.667. The van der Waals surface area contributed by atoms with Crippen LogP contribution in [0.3, 0.4) is 0 Å². The summed E-state index contributed by atoms with van der Waals surface area (Å²) in [5, 5.41) is 0. The minimum Gasteiger partial charge on any atom is -0.414 e. The molecule has 0 aliphatic carbocycles. The average Bonchev–Trinajstić information content (AvgIpc) is 2.46. The Morgan fingerprint density at radius 2 is 1.91 bits per heavy atom. The van der Waals surface area contributed by atoms with Gasteiger partial charge in [0.2, 0.25) is 0 Å². The molecule has 0 bridgehead atoms. The standard InChI is InChI=1S/C18H32O3Si/c1-15-13-16(2)18(21-22(4)5)17(19-3)11-9-7-6-8-10-12-20-14-15/h8-11,13,16-18,22H,6-7,12,14H2,1-5H3/b10-8+,11-9+,15-13-/t16-,17+,18+/m1/s1. The van der Waals surface area contributed by atoms with E-state index in [0.29, 0.717) is 19.1 Å². The Hall–Kier alpha value is -0.683. The van der Waals surface area contributed by atoms with Crippen LogP contribution in [0.25, 0.3) is 0 Å². The second-order valence-corrected chi connectivity index (χ2v) is 8.58. The van der Waals surface area contributed by atoms with Gasteiger partial charge in [-0.25, -0.2) is 0 Å². The molecule has 0 aromatic heterocycles. The predicted octanol–water partition coefficient (Wildman–Crippen LogP) is 3.88. The molecule has 1 aliphatic heterocycles. The quantitative estimate of drug-likeness (QED) is 0.582. The highest BCUT2D eigenvalue weighted by molar-refractivity contribution is 6.48. The van der Waals surface area contributed by atoms with Gasteiger partial charge >= 0.3 is 0 Å². The molecule has 3 atom stereocenters. The number of methoxy groups -OCH3 is 1. The van der Waals surface area contributed by atoms with Gasteiger partial charge in [0.1, 0.15) is 6.10 Å². The zero-order valence-electron chi connectivity index (χ0n) is 14.7. The van der Waals surface area contributed by atoms with Crippen molar-refractivity contribution in [2.75, 3.05) is 20.3 Å². The molecule has 0 aromatic rings. The molecule has 0 radical (unpaired) electrons. The van der Waals surface area contributed by atoms with Gasteiger partial charge in [0.05, 0.1) is 19.3 Å². The fourth-order valence-corrected chi connectivity index (χ4v) is 3.66. The van der Waals surface area contributed by atoms with Crippen LogP contribution in [-0.4, -0.2) is 41.6 Å². The molecule has 0 fully saturated rings.